The van der Waals surface area contributed by atoms with Gasteiger partial charge in [0.25, 0.3) is 5.91 Å². The van der Waals surface area contributed by atoms with Gasteiger partial charge >= 0.3 is 0 Å². The van der Waals surface area contributed by atoms with E-state index in [9.17, 15) is 9.59 Å². The Bertz CT molecular complexity index is 667. The lowest BCUT2D eigenvalue weighted by atomic mass is 9.86. The van der Waals surface area contributed by atoms with Crippen molar-refractivity contribution in [1.82, 2.24) is 9.80 Å². The summed E-state index contributed by atoms with van der Waals surface area (Å²) >= 11 is 0. The molecule has 1 aromatic carbocycles. The second-order valence-electron chi connectivity index (χ2n) is 9.43. The Labute approximate surface area is 163 Å². The maximum absolute atomic E-state index is 12.8. The standard InChI is InChI=1S/C23H34N2O2/c1-17-6-5-13-25(16-17)22(27)19-11-14-24(15-12-19)21(26)18-7-9-20(10-8-18)23(2,3)4/h7-10,17,19H,5-6,11-16H2,1-4H3. The smallest absolute Gasteiger partial charge is 0.253 e. The van der Waals surface area contributed by atoms with Gasteiger partial charge in [-0.25, -0.2) is 0 Å². The maximum atomic E-state index is 12.8. The summed E-state index contributed by atoms with van der Waals surface area (Å²) < 4.78 is 0. The number of nitrogens with zero attached hydrogens (tertiary/aromatic N) is 2. The Morgan fingerprint density at radius 1 is 0.926 bits per heavy atom. The predicted molar refractivity (Wildman–Crippen MR) is 109 cm³/mol. The average Bonchev–Trinajstić information content (AvgIpc) is 2.66. The van der Waals surface area contributed by atoms with E-state index in [4.69, 9.17) is 0 Å². The molecule has 1 atom stereocenters. The quantitative estimate of drug-likeness (QED) is 0.786. The number of benzene rings is 1. The van der Waals surface area contributed by atoms with Crippen LogP contribution < -0.4 is 0 Å². The third-order valence-corrected chi connectivity index (χ3v) is 6.10. The lowest BCUT2D eigenvalue weighted by molar-refractivity contribution is -0.138. The molecule has 0 aliphatic carbocycles. The molecule has 0 aromatic heterocycles. The Balaban J connectivity index is 1.55. The van der Waals surface area contributed by atoms with E-state index in [1.54, 1.807) is 0 Å². The van der Waals surface area contributed by atoms with E-state index in [0.29, 0.717) is 24.9 Å². The van der Waals surface area contributed by atoms with Gasteiger partial charge in [-0.15, -0.1) is 0 Å². The molecule has 1 unspecified atom stereocenters. The van der Waals surface area contributed by atoms with E-state index >= 15 is 0 Å². The molecule has 2 aliphatic heterocycles. The van der Waals surface area contributed by atoms with Crippen LogP contribution in [0.5, 0.6) is 0 Å². The predicted octanol–water partition coefficient (Wildman–Crippen LogP) is 4.09. The molecule has 2 heterocycles. The summed E-state index contributed by atoms with van der Waals surface area (Å²) in [5.74, 6) is 1.10. The Hall–Kier alpha value is -1.84. The van der Waals surface area contributed by atoms with Gasteiger partial charge in [0.05, 0.1) is 0 Å². The van der Waals surface area contributed by atoms with Gasteiger partial charge in [-0.3, -0.25) is 9.59 Å². The summed E-state index contributed by atoms with van der Waals surface area (Å²) in [5.41, 5.74) is 2.07. The topological polar surface area (TPSA) is 40.6 Å². The van der Waals surface area contributed by atoms with Crippen LogP contribution in [0, 0.1) is 11.8 Å². The fraction of sp³-hybridized carbons (Fsp3) is 0.652. The number of amides is 2. The monoisotopic (exact) mass is 370 g/mol. The number of likely N-dealkylation sites (tertiary alicyclic amines) is 2. The first-order valence-corrected chi connectivity index (χ1v) is 10.4. The molecule has 4 heteroatoms. The number of rotatable bonds is 2. The summed E-state index contributed by atoms with van der Waals surface area (Å²) in [5, 5.41) is 0. The average molecular weight is 371 g/mol. The molecule has 0 radical (unpaired) electrons. The molecule has 0 spiro atoms. The fourth-order valence-electron chi connectivity index (χ4n) is 4.27. The van der Waals surface area contributed by atoms with Gasteiger partial charge in [-0.05, 0) is 54.7 Å². The summed E-state index contributed by atoms with van der Waals surface area (Å²) in [7, 11) is 0. The lowest BCUT2D eigenvalue weighted by Gasteiger charge is -2.37. The van der Waals surface area contributed by atoms with Crippen LogP contribution in [-0.2, 0) is 10.2 Å². The van der Waals surface area contributed by atoms with Crippen LogP contribution in [-0.4, -0.2) is 47.8 Å². The Morgan fingerprint density at radius 2 is 1.56 bits per heavy atom. The Morgan fingerprint density at radius 3 is 2.11 bits per heavy atom. The van der Waals surface area contributed by atoms with Crippen LogP contribution >= 0.6 is 0 Å². The molecular formula is C23H34N2O2. The molecule has 2 saturated heterocycles. The molecule has 0 N–H and O–H groups in total. The van der Waals surface area contributed by atoms with Crippen LogP contribution in [0.2, 0.25) is 0 Å². The first kappa shape index (κ1) is 19.9. The van der Waals surface area contributed by atoms with Crippen molar-refractivity contribution >= 4 is 11.8 Å². The van der Waals surface area contributed by atoms with Crippen molar-refractivity contribution in [1.29, 1.82) is 0 Å². The highest BCUT2D eigenvalue weighted by Crippen LogP contribution is 2.26. The van der Waals surface area contributed by atoms with Gasteiger partial charge in [0.15, 0.2) is 0 Å². The zero-order valence-electron chi connectivity index (χ0n) is 17.3. The minimum absolute atomic E-state index is 0.0858. The summed E-state index contributed by atoms with van der Waals surface area (Å²) in [4.78, 5) is 29.6. The van der Waals surface area contributed by atoms with Crippen LogP contribution in [0.15, 0.2) is 24.3 Å². The largest absolute Gasteiger partial charge is 0.342 e. The van der Waals surface area contributed by atoms with Gasteiger partial charge < -0.3 is 9.80 Å². The zero-order valence-corrected chi connectivity index (χ0v) is 17.3. The number of carbonyl (C=O) groups is 2. The van der Waals surface area contributed by atoms with E-state index in [0.717, 1.165) is 37.9 Å². The minimum atomic E-state index is 0.0858. The van der Waals surface area contributed by atoms with Crippen LogP contribution in [0.4, 0.5) is 0 Å². The third-order valence-electron chi connectivity index (χ3n) is 6.10. The molecule has 2 amide bonds. The Kier molecular flexibility index (Phi) is 5.92. The van der Waals surface area contributed by atoms with Gasteiger partial charge in [-0.2, -0.15) is 0 Å². The highest BCUT2D eigenvalue weighted by Gasteiger charge is 2.32. The highest BCUT2D eigenvalue weighted by molar-refractivity contribution is 5.94. The zero-order chi connectivity index (χ0) is 19.6. The molecule has 0 bridgehead atoms. The molecule has 3 rings (SSSR count). The second kappa shape index (κ2) is 8.04. The second-order valence-corrected chi connectivity index (χ2v) is 9.43. The molecule has 0 saturated carbocycles. The van der Waals surface area contributed by atoms with Crippen molar-refractivity contribution in [3.8, 4) is 0 Å². The van der Waals surface area contributed by atoms with Gasteiger partial charge in [0, 0.05) is 37.7 Å². The van der Waals surface area contributed by atoms with Crippen molar-refractivity contribution in [3.63, 3.8) is 0 Å². The van der Waals surface area contributed by atoms with E-state index in [2.05, 4.69) is 44.7 Å². The molecule has 27 heavy (non-hydrogen) atoms. The normalized spacial score (nSPS) is 22.0. The molecular weight excluding hydrogens is 336 g/mol. The SMILES string of the molecule is CC1CCCN(C(=O)C2CCN(C(=O)c3ccc(C(C)(C)C)cc3)CC2)C1. The van der Waals surface area contributed by atoms with E-state index < -0.39 is 0 Å². The summed E-state index contributed by atoms with van der Waals surface area (Å²) in [6, 6.07) is 7.99. The molecule has 148 valence electrons. The van der Waals surface area contributed by atoms with Crippen LogP contribution in [0.3, 0.4) is 0 Å². The lowest BCUT2D eigenvalue weighted by Crippen LogP contribution is -2.47. The van der Waals surface area contributed by atoms with Crippen LogP contribution in [0.25, 0.3) is 0 Å². The van der Waals surface area contributed by atoms with Crippen molar-refractivity contribution in [2.45, 2.75) is 58.8 Å². The number of piperidine rings is 2. The first-order valence-electron chi connectivity index (χ1n) is 10.4. The molecule has 2 fully saturated rings. The first-order chi connectivity index (χ1) is 12.8. The molecule has 2 aliphatic rings. The fourth-order valence-corrected chi connectivity index (χ4v) is 4.27. The van der Waals surface area contributed by atoms with Crippen molar-refractivity contribution in [2.24, 2.45) is 11.8 Å². The third kappa shape index (κ3) is 4.72. The van der Waals surface area contributed by atoms with Crippen LogP contribution in [0.1, 0.15) is 69.3 Å². The number of hydrogen-bond acceptors (Lipinski definition) is 2. The van der Waals surface area contributed by atoms with E-state index in [-0.39, 0.29) is 17.2 Å². The molecule has 1 aromatic rings. The highest BCUT2D eigenvalue weighted by atomic mass is 16.2. The van der Waals surface area contributed by atoms with Gasteiger partial charge in [0.1, 0.15) is 0 Å². The summed E-state index contributed by atoms with van der Waals surface area (Å²) in [6.07, 6.45) is 3.92. The van der Waals surface area contributed by atoms with Crippen molar-refractivity contribution in [2.75, 3.05) is 26.2 Å². The van der Waals surface area contributed by atoms with Crippen molar-refractivity contribution < 1.29 is 9.59 Å². The van der Waals surface area contributed by atoms with E-state index in [1.807, 2.05) is 17.0 Å². The van der Waals surface area contributed by atoms with Gasteiger partial charge in [0.2, 0.25) is 5.91 Å². The number of carbonyl (C=O) groups excluding carboxylic acids is 2. The summed E-state index contributed by atoms with van der Waals surface area (Å²) in [6.45, 7) is 11.9. The van der Waals surface area contributed by atoms with E-state index in [1.165, 1.54) is 12.0 Å². The van der Waals surface area contributed by atoms with Gasteiger partial charge in [-0.1, -0.05) is 39.8 Å². The minimum Gasteiger partial charge on any atom is -0.342 e. The maximum Gasteiger partial charge on any atom is 0.253 e. The van der Waals surface area contributed by atoms with Crippen molar-refractivity contribution in [3.05, 3.63) is 35.4 Å². The molecule has 4 nitrogen and oxygen atoms in total. The number of hydrogen-bond donors (Lipinski definition) is 0.